The topological polar surface area (TPSA) is 105 Å². The molecule has 2 saturated heterocycles. The highest BCUT2D eigenvalue weighted by Crippen LogP contribution is 2.28. The number of carboxylic acid groups (broad SMARTS) is 1. The molecule has 3 heterocycles. The molecule has 2 fully saturated rings. The average Bonchev–Trinajstić information content (AvgIpc) is 3.04. The van der Waals surface area contributed by atoms with E-state index in [1.807, 2.05) is 0 Å². The molecule has 8 nitrogen and oxygen atoms in total. The Morgan fingerprint density at radius 2 is 2.00 bits per heavy atom. The van der Waals surface area contributed by atoms with E-state index in [4.69, 9.17) is 5.11 Å². The summed E-state index contributed by atoms with van der Waals surface area (Å²) < 4.78 is 24.8. The molecule has 134 valence electrons. The molecule has 1 N–H and O–H groups in total. The van der Waals surface area contributed by atoms with Gasteiger partial charge in [0.1, 0.15) is 12.4 Å². The molecule has 0 bridgehead atoms. The molecule has 1 aromatic rings. The summed E-state index contributed by atoms with van der Waals surface area (Å²) in [5, 5.41) is 13.5. The Balaban J connectivity index is 1.77. The van der Waals surface area contributed by atoms with Crippen molar-refractivity contribution in [3.8, 4) is 0 Å². The predicted molar refractivity (Wildman–Crippen MR) is 87.6 cm³/mol. The normalized spacial score (nSPS) is 25.1. The fourth-order valence-electron chi connectivity index (χ4n) is 3.56. The van der Waals surface area contributed by atoms with Gasteiger partial charge in [-0.05, 0) is 45.3 Å². The summed E-state index contributed by atoms with van der Waals surface area (Å²) in [6.07, 6.45) is 3.38. The fourth-order valence-corrected chi connectivity index (χ4v) is 5.30. The van der Waals surface area contributed by atoms with Crippen molar-refractivity contribution in [2.45, 2.75) is 38.1 Å². The second-order valence-electron chi connectivity index (χ2n) is 6.99. The van der Waals surface area contributed by atoms with Gasteiger partial charge in [-0.1, -0.05) is 0 Å². The van der Waals surface area contributed by atoms with Crippen molar-refractivity contribution in [3.05, 3.63) is 11.6 Å². The summed E-state index contributed by atoms with van der Waals surface area (Å²) in [5.41, 5.74) is 0. The van der Waals surface area contributed by atoms with Gasteiger partial charge in [-0.25, -0.2) is 18.1 Å². The number of carboxylic acids is 1. The number of piperidine rings is 1. The van der Waals surface area contributed by atoms with E-state index in [-0.39, 0.29) is 24.0 Å². The highest BCUT2D eigenvalue weighted by Gasteiger charge is 2.33. The number of likely N-dealkylation sites (tertiary alicyclic amines) is 1. The van der Waals surface area contributed by atoms with Crippen LogP contribution in [0.5, 0.6) is 0 Å². The van der Waals surface area contributed by atoms with Crippen LogP contribution >= 0.6 is 0 Å². The third-order valence-corrected chi connectivity index (χ3v) is 6.70. The lowest BCUT2D eigenvalue weighted by molar-refractivity contribution is -0.137. The summed E-state index contributed by atoms with van der Waals surface area (Å²) >= 11 is 0. The molecule has 0 aromatic carbocycles. The van der Waals surface area contributed by atoms with Crippen LogP contribution in [0.1, 0.15) is 36.8 Å². The van der Waals surface area contributed by atoms with Crippen molar-refractivity contribution in [1.29, 1.82) is 0 Å². The molecule has 24 heavy (non-hydrogen) atoms. The molecule has 3 rings (SSSR count). The van der Waals surface area contributed by atoms with E-state index in [0.717, 1.165) is 32.4 Å². The highest BCUT2D eigenvalue weighted by atomic mass is 32.2. The van der Waals surface area contributed by atoms with Gasteiger partial charge in [0.25, 0.3) is 0 Å². The first kappa shape index (κ1) is 17.3. The highest BCUT2D eigenvalue weighted by molar-refractivity contribution is 7.91. The quantitative estimate of drug-likeness (QED) is 0.800. The Kier molecular flexibility index (Phi) is 4.91. The number of aliphatic carboxylic acids is 1. The zero-order valence-electron chi connectivity index (χ0n) is 13.9. The smallest absolute Gasteiger partial charge is 0.325 e. The van der Waals surface area contributed by atoms with E-state index in [1.165, 1.54) is 4.68 Å². The summed E-state index contributed by atoms with van der Waals surface area (Å²) in [4.78, 5) is 17.9. The van der Waals surface area contributed by atoms with Gasteiger partial charge in [0.15, 0.2) is 15.7 Å². The Morgan fingerprint density at radius 1 is 1.29 bits per heavy atom. The Bertz CT molecular complexity index is 707. The molecule has 0 spiro atoms. The van der Waals surface area contributed by atoms with E-state index < -0.39 is 15.8 Å². The second-order valence-corrected chi connectivity index (χ2v) is 9.22. The Labute approximate surface area is 141 Å². The predicted octanol–water partition coefficient (Wildman–Crippen LogP) is 0.149. The monoisotopic (exact) mass is 356 g/mol. The maximum Gasteiger partial charge on any atom is 0.325 e. The van der Waals surface area contributed by atoms with Crippen LogP contribution < -0.4 is 0 Å². The van der Waals surface area contributed by atoms with Crippen molar-refractivity contribution >= 4 is 15.8 Å². The molecule has 2 aliphatic rings. The SMILES string of the molecule is CN1CCC(Cc2nc([C@@H]3CCS(=O)(=O)C3)n(CC(=O)O)n2)CC1. The molecule has 0 saturated carbocycles. The minimum Gasteiger partial charge on any atom is -0.480 e. The maximum atomic E-state index is 11.7. The van der Waals surface area contributed by atoms with Crippen LogP contribution in [0.15, 0.2) is 0 Å². The first-order chi connectivity index (χ1) is 11.3. The van der Waals surface area contributed by atoms with Crippen molar-refractivity contribution < 1.29 is 18.3 Å². The lowest BCUT2D eigenvalue weighted by atomic mass is 9.93. The van der Waals surface area contributed by atoms with Crippen LogP contribution in [0.4, 0.5) is 0 Å². The van der Waals surface area contributed by atoms with E-state index in [0.29, 0.717) is 24.0 Å². The maximum absolute atomic E-state index is 11.7. The van der Waals surface area contributed by atoms with E-state index in [9.17, 15) is 13.2 Å². The summed E-state index contributed by atoms with van der Waals surface area (Å²) in [6.45, 7) is 1.83. The Morgan fingerprint density at radius 3 is 2.58 bits per heavy atom. The summed E-state index contributed by atoms with van der Waals surface area (Å²) in [7, 11) is -0.941. The van der Waals surface area contributed by atoms with Crippen molar-refractivity contribution in [2.24, 2.45) is 5.92 Å². The van der Waals surface area contributed by atoms with Gasteiger partial charge >= 0.3 is 5.97 Å². The first-order valence-corrected chi connectivity index (χ1v) is 10.2. The van der Waals surface area contributed by atoms with Crippen molar-refractivity contribution in [1.82, 2.24) is 19.7 Å². The number of carbonyl (C=O) groups is 1. The molecule has 0 aliphatic carbocycles. The molecule has 0 radical (unpaired) electrons. The number of hydrogen-bond donors (Lipinski definition) is 1. The number of rotatable bonds is 5. The molecule has 9 heteroatoms. The van der Waals surface area contributed by atoms with Crippen LogP contribution in [0, 0.1) is 5.92 Å². The fraction of sp³-hybridized carbons (Fsp3) is 0.800. The van der Waals surface area contributed by atoms with Gasteiger partial charge in [-0.2, -0.15) is 5.10 Å². The molecule has 0 amide bonds. The largest absolute Gasteiger partial charge is 0.480 e. The van der Waals surface area contributed by atoms with Gasteiger partial charge in [-0.3, -0.25) is 4.79 Å². The van der Waals surface area contributed by atoms with Crippen LogP contribution in [0.3, 0.4) is 0 Å². The van der Waals surface area contributed by atoms with Crippen LogP contribution in [0.25, 0.3) is 0 Å². The molecule has 1 aromatic heterocycles. The number of nitrogens with zero attached hydrogens (tertiary/aromatic N) is 4. The molecular weight excluding hydrogens is 332 g/mol. The van der Waals surface area contributed by atoms with E-state index >= 15 is 0 Å². The molecular formula is C15H24N4O4S. The minimum atomic E-state index is -3.05. The number of hydrogen-bond acceptors (Lipinski definition) is 6. The zero-order valence-corrected chi connectivity index (χ0v) is 14.7. The van der Waals surface area contributed by atoms with Gasteiger partial charge in [0, 0.05) is 12.3 Å². The van der Waals surface area contributed by atoms with Gasteiger partial charge in [-0.15, -0.1) is 0 Å². The zero-order chi connectivity index (χ0) is 17.3. The summed E-state index contributed by atoms with van der Waals surface area (Å²) in [6, 6.07) is 0. The van der Waals surface area contributed by atoms with Crippen molar-refractivity contribution in [3.63, 3.8) is 0 Å². The third-order valence-electron chi connectivity index (χ3n) is 4.94. The number of aromatic nitrogens is 3. The van der Waals surface area contributed by atoms with Gasteiger partial charge in [0.05, 0.1) is 11.5 Å². The molecule has 1 atom stereocenters. The van der Waals surface area contributed by atoms with Crippen LogP contribution in [-0.4, -0.2) is 70.8 Å². The first-order valence-electron chi connectivity index (χ1n) is 8.37. The second kappa shape index (κ2) is 6.79. The van der Waals surface area contributed by atoms with Gasteiger partial charge in [0.2, 0.25) is 0 Å². The van der Waals surface area contributed by atoms with Crippen LogP contribution in [0.2, 0.25) is 0 Å². The summed E-state index contributed by atoms with van der Waals surface area (Å²) in [5.74, 6) is 0.607. The van der Waals surface area contributed by atoms with E-state index in [1.54, 1.807) is 0 Å². The third kappa shape index (κ3) is 4.13. The lowest BCUT2D eigenvalue weighted by Gasteiger charge is -2.28. The van der Waals surface area contributed by atoms with E-state index in [2.05, 4.69) is 22.0 Å². The standard InChI is InChI=1S/C15H24N4O4S/c1-18-5-2-11(3-6-18)8-13-16-15(19(17-13)9-14(20)21)12-4-7-24(22,23)10-12/h11-12H,2-10H2,1H3,(H,20,21)/t12-/m1/s1. The lowest BCUT2D eigenvalue weighted by Crippen LogP contribution is -2.31. The van der Waals surface area contributed by atoms with Crippen molar-refractivity contribution in [2.75, 3.05) is 31.6 Å². The van der Waals surface area contributed by atoms with Gasteiger partial charge < -0.3 is 10.0 Å². The minimum absolute atomic E-state index is 0.0407. The average molecular weight is 356 g/mol. The molecule has 0 unspecified atom stereocenters. The molecule has 2 aliphatic heterocycles. The Hall–Kier alpha value is -1.48. The van der Waals surface area contributed by atoms with Crippen LogP contribution in [-0.2, 0) is 27.6 Å². The number of sulfone groups is 1.